The van der Waals surface area contributed by atoms with E-state index < -0.39 is 5.97 Å². The highest BCUT2D eigenvalue weighted by molar-refractivity contribution is 5.96. The Bertz CT molecular complexity index is 581. The minimum atomic E-state index is -0.855. The minimum Gasteiger partial charge on any atom is -0.478 e. The molecule has 0 fully saturated rings. The van der Waals surface area contributed by atoms with Crippen LogP contribution in [0.25, 0.3) is 10.9 Å². The smallest absolute Gasteiger partial charge is 0.336 e. The second kappa shape index (κ2) is 4.24. The summed E-state index contributed by atoms with van der Waals surface area (Å²) in [6.07, 6.45) is 3.14. The van der Waals surface area contributed by atoms with Crippen LogP contribution in [-0.2, 0) is 6.54 Å². The molecule has 0 saturated heterocycles. The van der Waals surface area contributed by atoms with Gasteiger partial charge in [-0.15, -0.1) is 0 Å². The number of nitrogens with zero attached hydrogens (tertiary/aromatic N) is 1. The number of hydrogen-bond donors (Lipinski definition) is 1. The van der Waals surface area contributed by atoms with Crippen LogP contribution in [0.4, 0.5) is 0 Å². The summed E-state index contributed by atoms with van der Waals surface area (Å²) in [5.41, 5.74) is 3.44. The number of carboxylic acids is 1. The lowest BCUT2D eigenvalue weighted by molar-refractivity contribution is 0.0696. The SMILES string of the molecule is CCCn1cc(C)c2cc(C)c(C(=O)O)cc21. The summed E-state index contributed by atoms with van der Waals surface area (Å²) in [6, 6.07) is 3.76. The maximum absolute atomic E-state index is 11.1. The monoisotopic (exact) mass is 231 g/mol. The number of hydrogen-bond acceptors (Lipinski definition) is 1. The molecule has 1 N–H and O–H groups in total. The van der Waals surface area contributed by atoms with E-state index in [1.165, 1.54) is 5.56 Å². The first kappa shape index (κ1) is 11.7. The molecule has 0 bridgehead atoms. The summed E-state index contributed by atoms with van der Waals surface area (Å²) in [5, 5.41) is 10.3. The van der Waals surface area contributed by atoms with E-state index in [9.17, 15) is 4.79 Å². The van der Waals surface area contributed by atoms with Gasteiger partial charge >= 0.3 is 5.97 Å². The van der Waals surface area contributed by atoms with Gasteiger partial charge in [-0.2, -0.15) is 0 Å². The normalized spacial score (nSPS) is 11.0. The van der Waals surface area contributed by atoms with Gasteiger partial charge in [-0.3, -0.25) is 0 Å². The first-order chi connectivity index (χ1) is 8.04. The van der Waals surface area contributed by atoms with E-state index in [4.69, 9.17) is 5.11 Å². The quantitative estimate of drug-likeness (QED) is 0.880. The van der Waals surface area contributed by atoms with E-state index in [1.807, 2.05) is 13.0 Å². The van der Waals surface area contributed by atoms with Crippen molar-refractivity contribution in [3.8, 4) is 0 Å². The molecular weight excluding hydrogens is 214 g/mol. The zero-order valence-electron chi connectivity index (χ0n) is 10.4. The van der Waals surface area contributed by atoms with Gasteiger partial charge in [0.2, 0.25) is 0 Å². The van der Waals surface area contributed by atoms with E-state index in [0.717, 1.165) is 29.4 Å². The maximum atomic E-state index is 11.1. The predicted molar refractivity (Wildman–Crippen MR) is 68.7 cm³/mol. The Kier molecular flexibility index (Phi) is 2.92. The Morgan fingerprint density at radius 3 is 2.59 bits per heavy atom. The number of aromatic nitrogens is 1. The molecule has 3 heteroatoms. The average Bonchev–Trinajstić information content (AvgIpc) is 2.55. The third kappa shape index (κ3) is 1.93. The molecule has 0 aliphatic rings. The van der Waals surface area contributed by atoms with Crippen LogP contribution < -0.4 is 0 Å². The second-order valence-corrected chi connectivity index (χ2v) is 4.49. The van der Waals surface area contributed by atoms with Crippen molar-refractivity contribution in [2.75, 3.05) is 0 Å². The fourth-order valence-electron chi connectivity index (χ4n) is 2.28. The summed E-state index contributed by atoms with van der Waals surface area (Å²) in [6.45, 7) is 6.95. The Morgan fingerprint density at radius 1 is 1.29 bits per heavy atom. The first-order valence-corrected chi connectivity index (χ1v) is 5.88. The number of aromatic carboxylic acids is 1. The molecule has 0 amide bonds. The summed E-state index contributed by atoms with van der Waals surface area (Å²) in [4.78, 5) is 11.1. The lowest BCUT2D eigenvalue weighted by Crippen LogP contribution is -2.01. The molecule has 17 heavy (non-hydrogen) atoms. The largest absolute Gasteiger partial charge is 0.478 e. The minimum absolute atomic E-state index is 0.396. The molecule has 1 heterocycles. The van der Waals surface area contributed by atoms with Gasteiger partial charge in [0.1, 0.15) is 0 Å². The third-order valence-electron chi connectivity index (χ3n) is 3.12. The predicted octanol–water partition coefficient (Wildman–Crippen LogP) is 3.37. The Balaban J connectivity index is 2.72. The number of rotatable bonds is 3. The van der Waals surface area contributed by atoms with Crippen LogP contribution in [-0.4, -0.2) is 15.6 Å². The molecule has 1 aromatic heterocycles. The van der Waals surface area contributed by atoms with Crippen molar-refractivity contribution in [2.24, 2.45) is 0 Å². The molecule has 1 aromatic carbocycles. The maximum Gasteiger partial charge on any atom is 0.336 e. The molecule has 0 radical (unpaired) electrons. The molecule has 0 atom stereocenters. The molecule has 0 aliphatic heterocycles. The van der Waals surface area contributed by atoms with Crippen molar-refractivity contribution in [1.29, 1.82) is 0 Å². The van der Waals surface area contributed by atoms with Crippen LogP contribution >= 0.6 is 0 Å². The lowest BCUT2D eigenvalue weighted by atomic mass is 10.0. The fraction of sp³-hybridized carbons (Fsp3) is 0.357. The molecule has 3 nitrogen and oxygen atoms in total. The van der Waals surface area contributed by atoms with Gasteiger partial charge in [0, 0.05) is 23.6 Å². The third-order valence-corrected chi connectivity index (χ3v) is 3.12. The van der Waals surface area contributed by atoms with Gasteiger partial charge in [0.15, 0.2) is 0 Å². The van der Waals surface area contributed by atoms with E-state index in [-0.39, 0.29) is 0 Å². The molecular formula is C14H17NO2. The highest BCUT2D eigenvalue weighted by Crippen LogP contribution is 2.25. The summed E-state index contributed by atoms with van der Waals surface area (Å²) in [5.74, 6) is -0.855. The summed E-state index contributed by atoms with van der Waals surface area (Å²) >= 11 is 0. The fourth-order valence-corrected chi connectivity index (χ4v) is 2.28. The van der Waals surface area contributed by atoms with Crippen molar-refractivity contribution >= 4 is 16.9 Å². The van der Waals surface area contributed by atoms with Gasteiger partial charge < -0.3 is 9.67 Å². The van der Waals surface area contributed by atoms with E-state index in [0.29, 0.717) is 5.56 Å². The highest BCUT2D eigenvalue weighted by Gasteiger charge is 2.12. The standard InChI is InChI=1S/C14H17NO2/c1-4-5-15-8-10(3)11-6-9(2)12(14(16)17)7-13(11)15/h6-8H,4-5H2,1-3H3,(H,16,17). The van der Waals surface area contributed by atoms with E-state index in [1.54, 1.807) is 6.07 Å². The molecule has 2 rings (SSSR count). The van der Waals surface area contributed by atoms with Crippen molar-refractivity contribution in [3.63, 3.8) is 0 Å². The summed E-state index contributed by atoms with van der Waals surface area (Å²) in [7, 11) is 0. The van der Waals surface area contributed by atoms with Crippen LogP contribution in [0, 0.1) is 13.8 Å². The number of fused-ring (bicyclic) bond motifs is 1. The zero-order chi connectivity index (χ0) is 12.6. The van der Waals surface area contributed by atoms with Gasteiger partial charge in [-0.05, 0) is 43.5 Å². The van der Waals surface area contributed by atoms with Crippen molar-refractivity contribution in [2.45, 2.75) is 33.7 Å². The molecule has 0 unspecified atom stereocenters. The topological polar surface area (TPSA) is 42.2 Å². The van der Waals surface area contributed by atoms with Crippen LogP contribution in [0.3, 0.4) is 0 Å². The molecule has 0 saturated carbocycles. The number of aryl methyl sites for hydroxylation is 3. The molecule has 2 aromatic rings. The van der Waals surface area contributed by atoms with E-state index >= 15 is 0 Å². The van der Waals surface area contributed by atoms with Crippen LogP contribution in [0.15, 0.2) is 18.3 Å². The number of benzene rings is 1. The van der Waals surface area contributed by atoms with Crippen molar-refractivity contribution in [3.05, 3.63) is 35.0 Å². The molecule has 0 aliphatic carbocycles. The van der Waals surface area contributed by atoms with Gasteiger partial charge in [-0.1, -0.05) is 6.92 Å². The van der Waals surface area contributed by atoms with Crippen LogP contribution in [0.2, 0.25) is 0 Å². The van der Waals surface area contributed by atoms with Gasteiger partial charge in [0.25, 0.3) is 0 Å². The second-order valence-electron chi connectivity index (χ2n) is 4.49. The van der Waals surface area contributed by atoms with Crippen LogP contribution in [0.1, 0.15) is 34.8 Å². The Labute approximate surface area is 101 Å². The number of carboxylic acid groups (broad SMARTS) is 1. The van der Waals surface area contributed by atoms with Crippen molar-refractivity contribution < 1.29 is 9.90 Å². The number of carbonyl (C=O) groups is 1. The van der Waals surface area contributed by atoms with Gasteiger partial charge in [-0.25, -0.2) is 4.79 Å². The first-order valence-electron chi connectivity index (χ1n) is 5.88. The zero-order valence-corrected chi connectivity index (χ0v) is 10.4. The Hall–Kier alpha value is -1.77. The van der Waals surface area contributed by atoms with E-state index in [2.05, 4.69) is 24.6 Å². The highest BCUT2D eigenvalue weighted by atomic mass is 16.4. The average molecular weight is 231 g/mol. The van der Waals surface area contributed by atoms with Crippen molar-refractivity contribution in [1.82, 2.24) is 4.57 Å². The van der Waals surface area contributed by atoms with Crippen LogP contribution in [0.5, 0.6) is 0 Å². The molecule has 0 spiro atoms. The lowest BCUT2D eigenvalue weighted by Gasteiger charge is -2.05. The Morgan fingerprint density at radius 2 is 2.00 bits per heavy atom. The van der Waals surface area contributed by atoms with Gasteiger partial charge in [0.05, 0.1) is 5.56 Å². The summed E-state index contributed by atoms with van der Waals surface area (Å²) < 4.78 is 2.14. The molecule has 90 valence electrons.